The first-order chi connectivity index (χ1) is 9.46. The number of rotatable bonds is 6. The number of aryl methyl sites for hydroxylation is 1. The zero-order valence-corrected chi connectivity index (χ0v) is 14.4. The molecule has 1 rings (SSSR count). The van der Waals surface area contributed by atoms with Crippen LogP contribution in [-0.2, 0) is 19.9 Å². The summed E-state index contributed by atoms with van der Waals surface area (Å²) in [5.74, 6) is -0.0521. The Bertz CT molecular complexity index is 712. The second-order valence-corrected chi connectivity index (χ2v) is 9.21. The minimum atomic E-state index is -3.71. The normalized spacial score (nSPS) is 12.6. The molecule has 0 saturated carbocycles. The lowest BCUT2D eigenvalue weighted by molar-refractivity contribution is 0.576. The fourth-order valence-corrected chi connectivity index (χ4v) is 4.37. The van der Waals surface area contributed by atoms with E-state index < -0.39 is 19.9 Å². The summed E-state index contributed by atoms with van der Waals surface area (Å²) in [7, 11) is -6.80. The van der Waals surface area contributed by atoms with Crippen LogP contribution in [0, 0.1) is 20.8 Å². The van der Waals surface area contributed by atoms with Gasteiger partial charge in [-0.3, -0.25) is 0 Å². The van der Waals surface area contributed by atoms with Crippen molar-refractivity contribution in [1.29, 1.82) is 0 Å². The van der Waals surface area contributed by atoms with Gasteiger partial charge in [0.05, 0.1) is 10.6 Å². The molecule has 0 fully saturated rings. The highest BCUT2D eigenvalue weighted by Crippen LogP contribution is 2.27. The van der Waals surface area contributed by atoms with Gasteiger partial charge < -0.3 is 5.73 Å². The van der Waals surface area contributed by atoms with Gasteiger partial charge in [0.2, 0.25) is 10.0 Å². The van der Waals surface area contributed by atoms with Crippen LogP contribution in [0.1, 0.15) is 23.1 Å². The molecule has 1 aromatic rings. The van der Waals surface area contributed by atoms with Crippen molar-refractivity contribution in [2.75, 3.05) is 24.3 Å². The summed E-state index contributed by atoms with van der Waals surface area (Å²) in [5, 5.41) is 0. The lowest BCUT2D eigenvalue weighted by Crippen LogP contribution is -2.28. The van der Waals surface area contributed by atoms with Crippen molar-refractivity contribution in [2.45, 2.75) is 32.1 Å². The van der Waals surface area contributed by atoms with Gasteiger partial charge in [-0.1, -0.05) is 0 Å². The van der Waals surface area contributed by atoms with Gasteiger partial charge in [-0.2, -0.15) is 0 Å². The highest BCUT2D eigenvalue weighted by Gasteiger charge is 2.22. The van der Waals surface area contributed by atoms with E-state index in [1.54, 1.807) is 26.8 Å². The number of hydrogen-bond donors (Lipinski definition) is 2. The topological polar surface area (TPSA) is 106 Å². The highest BCUT2D eigenvalue weighted by molar-refractivity contribution is 7.90. The van der Waals surface area contributed by atoms with E-state index >= 15 is 0 Å². The van der Waals surface area contributed by atoms with Crippen LogP contribution in [0.5, 0.6) is 0 Å². The number of sulfonamides is 1. The second-order valence-electron chi connectivity index (χ2n) is 5.24. The number of sulfone groups is 1. The van der Waals surface area contributed by atoms with Gasteiger partial charge in [-0.25, -0.2) is 21.6 Å². The number of benzene rings is 1. The highest BCUT2D eigenvalue weighted by atomic mass is 32.2. The Hall–Kier alpha value is -1.12. The summed E-state index contributed by atoms with van der Waals surface area (Å²) in [4.78, 5) is 0.180. The van der Waals surface area contributed by atoms with E-state index in [1.165, 1.54) is 0 Å². The maximum atomic E-state index is 12.4. The predicted octanol–water partition coefficient (Wildman–Crippen LogP) is 0.907. The zero-order valence-electron chi connectivity index (χ0n) is 12.7. The van der Waals surface area contributed by atoms with Crippen LogP contribution < -0.4 is 10.5 Å². The van der Waals surface area contributed by atoms with Gasteiger partial charge in [0, 0.05) is 18.5 Å². The molecule has 0 aliphatic carbocycles. The van der Waals surface area contributed by atoms with Crippen molar-refractivity contribution in [3.8, 4) is 0 Å². The Kier molecular flexibility index (Phi) is 5.40. The average molecular weight is 334 g/mol. The van der Waals surface area contributed by atoms with Crippen molar-refractivity contribution in [3.63, 3.8) is 0 Å². The van der Waals surface area contributed by atoms with Crippen LogP contribution >= 0.6 is 0 Å². The third-order valence-corrected chi connectivity index (χ3v) is 6.09. The van der Waals surface area contributed by atoms with Crippen molar-refractivity contribution < 1.29 is 16.8 Å². The molecule has 0 aromatic heterocycles. The molecule has 0 spiro atoms. The van der Waals surface area contributed by atoms with Crippen LogP contribution in [0.25, 0.3) is 0 Å². The molecule has 0 saturated heterocycles. The molecule has 0 bridgehead atoms. The standard InChI is InChI=1S/C13H22N2O4S2/c1-9-8-12(14)11(3)13(10(9)2)21(18,19)15-6-5-7-20(4,16)17/h8,15H,5-7,14H2,1-4H3. The summed E-state index contributed by atoms with van der Waals surface area (Å²) < 4.78 is 49.3. The second kappa shape index (κ2) is 6.33. The minimum Gasteiger partial charge on any atom is -0.398 e. The summed E-state index contributed by atoms with van der Waals surface area (Å²) in [5.41, 5.74) is 8.21. The minimum absolute atomic E-state index is 0.0521. The molecule has 21 heavy (non-hydrogen) atoms. The molecule has 120 valence electrons. The zero-order chi connectivity index (χ0) is 16.4. The van der Waals surface area contributed by atoms with Crippen molar-refractivity contribution in [2.24, 2.45) is 0 Å². The number of anilines is 1. The molecule has 0 heterocycles. The van der Waals surface area contributed by atoms with Crippen LogP contribution in [0.2, 0.25) is 0 Å². The monoisotopic (exact) mass is 334 g/mol. The van der Waals surface area contributed by atoms with E-state index in [1.807, 2.05) is 0 Å². The Morgan fingerprint density at radius 1 is 1.10 bits per heavy atom. The first-order valence-electron chi connectivity index (χ1n) is 6.49. The molecule has 0 unspecified atom stereocenters. The Morgan fingerprint density at radius 2 is 1.67 bits per heavy atom. The van der Waals surface area contributed by atoms with Crippen LogP contribution in [0.3, 0.4) is 0 Å². The molecule has 8 heteroatoms. The molecular formula is C13H22N2O4S2. The fraction of sp³-hybridized carbons (Fsp3) is 0.538. The average Bonchev–Trinajstić information content (AvgIpc) is 2.31. The van der Waals surface area contributed by atoms with Gasteiger partial charge in [0.25, 0.3) is 0 Å². The molecule has 1 aromatic carbocycles. The first-order valence-corrected chi connectivity index (χ1v) is 10.0. The maximum absolute atomic E-state index is 12.4. The smallest absolute Gasteiger partial charge is 0.241 e. The van der Waals surface area contributed by atoms with Crippen LogP contribution in [0.4, 0.5) is 5.69 Å². The molecule has 0 radical (unpaired) electrons. The lowest BCUT2D eigenvalue weighted by Gasteiger charge is -2.15. The molecule has 0 atom stereocenters. The lowest BCUT2D eigenvalue weighted by atomic mass is 10.1. The first kappa shape index (κ1) is 17.9. The van der Waals surface area contributed by atoms with Crippen LogP contribution in [0.15, 0.2) is 11.0 Å². The Labute approximate surface area is 126 Å². The summed E-state index contributed by atoms with van der Waals surface area (Å²) >= 11 is 0. The Morgan fingerprint density at radius 3 is 2.19 bits per heavy atom. The van der Waals surface area contributed by atoms with Gasteiger partial charge >= 0.3 is 0 Å². The molecule has 6 nitrogen and oxygen atoms in total. The van der Waals surface area contributed by atoms with E-state index in [9.17, 15) is 16.8 Å². The number of nitrogens with one attached hydrogen (secondary N) is 1. The van der Waals surface area contributed by atoms with Gasteiger partial charge in [0.15, 0.2) is 0 Å². The molecular weight excluding hydrogens is 312 g/mol. The molecule has 3 N–H and O–H groups in total. The Balaban J connectivity index is 2.99. The molecule has 0 aliphatic heterocycles. The van der Waals surface area contributed by atoms with E-state index in [2.05, 4.69) is 4.72 Å². The third-order valence-electron chi connectivity index (χ3n) is 3.33. The van der Waals surface area contributed by atoms with E-state index in [-0.39, 0.29) is 23.6 Å². The maximum Gasteiger partial charge on any atom is 0.241 e. The number of nitrogens with two attached hydrogens (primary N) is 1. The van der Waals surface area contributed by atoms with Crippen molar-refractivity contribution in [3.05, 3.63) is 22.8 Å². The molecule has 0 amide bonds. The van der Waals surface area contributed by atoms with Crippen LogP contribution in [-0.4, -0.2) is 35.4 Å². The quantitative estimate of drug-likeness (QED) is 0.594. The predicted molar refractivity (Wildman–Crippen MR) is 84.6 cm³/mol. The third kappa shape index (κ3) is 4.69. The number of nitrogen functional groups attached to an aromatic ring is 1. The summed E-state index contributed by atoms with van der Waals surface area (Å²) in [6.07, 6.45) is 1.36. The van der Waals surface area contributed by atoms with Crippen molar-refractivity contribution in [1.82, 2.24) is 4.72 Å². The largest absolute Gasteiger partial charge is 0.398 e. The van der Waals surface area contributed by atoms with Gasteiger partial charge in [0.1, 0.15) is 9.84 Å². The number of hydrogen-bond acceptors (Lipinski definition) is 5. The van der Waals surface area contributed by atoms with Crippen molar-refractivity contribution >= 4 is 25.5 Å². The summed E-state index contributed by atoms with van der Waals surface area (Å²) in [6, 6.07) is 1.74. The van der Waals surface area contributed by atoms with Gasteiger partial charge in [-0.05, 0) is 49.9 Å². The van der Waals surface area contributed by atoms with E-state index in [4.69, 9.17) is 5.73 Å². The summed E-state index contributed by atoms with van der Waals surface area (Å²) in [6.45, 7) is 5.26. The SMILES string of the molecule is Cc1cc(N)c(C)c(S(=O)(=O)NCCCS(C)(=O)=O)c1C. The molecule has 0 aliphatic rings. The van der Waals surface area contributed by atoms with E-state index in [0.29, 0.717) is 16.8 Å². The fourth-order valence-electron chi connectivity index (χ4n) is 2.06. The van der Waals surface area contributed by atoms with E-state index in [0.717, 1.165) is 11.8 Å². The van der Waals surface area contributed by atoms with Gasteiger partial charge in [-0.15, -0.1) is 0 Å².